The fourth-order valence-electron chi connectivity index (χ4n) is 0.151. The molecule has 0 aromatic rings. The summed E-state index contributed by atoms with van der Waals surface area (Å²) < 4.78 is 0. The Morgan fingerprint density at radius 3 is 0.682 bits per heavy atom. The first-order valence-corrected chi connectivity index (χ1v) is 4.28. The molecule has 22 heavy (non-hydrogen) atoms. The van der Waals surface area contributed by atoms with Gasteiger partial charge in [0.05, 0.1) is 0 Å². The summed E-state index contributed by atoms with van der Waals surface area (Å²) in [4.78, 5) is 28.2. The van der Waals surface area contributed by atoms with Crippen LogP contribution in [0.15, 0.2) is 36.1 Å². The van der Waals surface area contributed by atoms with Crippen molar-refractivity contribution in [1.29, 1.82) is 0 Å². The van der Waals surface area contributed by atoms with Crippen molar-refractivity contribution in [1.82, 2.24) is 0 Å². The van der Waals surface area contributed by atoms with Crippen molar-refractivity contribution in [3.05, 3.63) is 36.1 Å². The predicted molar refractivity (Wildman–Crippen MR) is 60.8 cm³/mol. The molecule has 0 fully saturated rings. The van der Waals surface area contributed by atoms with Crippen LogP contribution in [0.3, 0.4) is 0 Å². The van der Waals surface area contributed by atoms with Crippen LogP contribution in [0.25, 0.3) is 0 Å². The molecule has 13 heteroatoms. The number of aliphatic carboxylic acids is 3. The van der Waals surface area contributed by atoms with Crippen molar-refractivity contribution in [3.63, 3.8) is 0 Å². The van der Waals surface area contributed by atoms with Gasteiger partial charge in [-0.05, 0) is 0 Å². The van der Waals surface area contributed by atoms with Gasteiger partial charge in [-0.1, -0.05) is 18.8 Å². The third-order valence-corrected chi connectivity index (χ3v) is 0.992. The van der Waals surface area contributed by atoms with Crippen LogP contribution in [-0.2, 0) is 14.4 Å². The summed E-state index contributed by atoms with van der Waals surface area (Å²) in [5.41, 5.74) is 0. The van der Waals surface area contributed by atoms with E-state index in [-0.39, 0.29) is 36.1 Å². The maximum Gasteiger partial charge on any atom is 3.00 e. The van der Waals surface area contributed by atoms with Gasteiger partial charge >= 0.3 is 35.3 Å². The molecule has 0 heterocycles. The topological polar surface area (TPSA) is 242 Å². The minimum Gasteiger partial charge on any atom is -0.875 e. The zero-order valence-electron chi connectivity index (χ0n) is 10.4. The van der Waals surface area contributed by atoms with Crippen LogP contribution < -0.4 is 15.3 Å². The number of hydrogen-bond acceptors (Lipinski definition) is 9. The SMILES string of the molecule is O=C(O)C(O)=C[O-].O=C(O)C(O)=C[O-].O=C(O)C(O)=C[O-].[Al+3]. The Balaban J connectivity index is -0.000000108. The van der Waals surface area contributed by atoms with E-state index in [4.69, 9.17) is 30.6 Å². The minimum absolute atomic E-state index is 0. The molecule has 0 saturated carbocycles. The minimum atomic E-state index is -1.60. The summed E-state index contributed by atoms with van der Waals surface area (Å²) in [7, 11) is 0. The van der Waals surface area contributed by atoms with Gasteiger partial charge in [0.1, 0.15) is 0 Å². The van der Waals surface area contributed by atoms with E-state index in [0.717, 1.165) is 0 Å². The van der Waals surface area contributed by atoms with E-state index in [9.17, 15) is 29.7 Å². The molecule has 0 saturated heterocycles. The van der Waals surface area contributed by atoms with Crippen molar-refractivity contribution < 1.29 is 60.3 Å². The second-order valence-corrected chi connectivity index (χ2v) is 2.42. The molecule has 120 valence electrons. The van der Waals surface area contributed by atoms with Gasteiger partial charge in [0.15, 0.2) is 17.3 Å². The van der Waals surface area contributed by atoms with Crippen LogP contribution in [0.5, 0.6) is 0 Å². The van der Waals surface area contributed by atoms with Gasteiger partial charge in [0.2, 0.25) is 0 Å². The number of carboxylic acids is 3. The van der Waals surface area contributed by atoms with Crippen molar-refractivity contribution in [3.8, 4) is 0 Å². The summed E-state index contributed by atoms with van der Waals surface area (Å²) in [6, 6.07) is 0. The quantitative estimate of drug-likeness (QED) is 0.164. The van der Waals surface area contributed by atoms with E-state index in [1.165, 1.54) is 0 Å². The molecular formula is C9H9AlO12. The summed E-state index contributed by atoms with van der Waals surface area (Å²) in [5.74, 6) is -8.31. The number of aliphatic hydroxyl groups is 3. The number of carboxylic acid groups (broad SMARTS) is 3. The van der Waals surface area contributed by atoms with E-state index >= 15 is 0 Å². The van der Waals surface area contributed by atoms with E-state index in [0.29, 0.717) is 0 Å². The number of carbonyl (C=O) groups is 3. The zero-order valence-corrected chi connectivity index (χ0v) is 11.6. The summed E-state index contributed by atoms with van der Waals surface area (Å²) in [5, 5.41) is 74.5. The maximum absolute atomic E-state index is 9.41. The van der Waals surface area contributed by atoms with Gasteiger partial charge < -0.3 is 46.0 Å². The Morgan fingerprint density at radius 2 is 0.682 bits per heavy atom. The van der Waals surface area contributed by atoms with Crippen LogP contribution in [0.2, 0.25) is 0 Å². The standard InChI is InChI=1S/3C3H4O4.Al/c3*4-1-2(5)3(6)7;/h3*1,4-5H,(H,6,7);/q;;;+3/p-3. The largest absolute Gasteiger partial charge is 3.00 e. The molecule has 0 amide bonds. The molecule has 6 N–H and O–H groups in total. The van der Waals surface area contributed by atoms with Crippen molar-refractivity contribution in [2.24, 2.45) is 0 Å². The van der Waals surface area contributed by atoms with Gasteiger partial charge in [-0.25, -0.2) is 14.4 Å². The molecule has 0 bridgehead atoms. The van der Waals surface area contributed by atoms with Crippen molar-refractivity contribution in [2.75, 3.05) is 0 Å². The van der Waals surface area contributed by atoms with E-state index in [1.807, 2.05) is 0 Å². The molecular weight excluding hydrogens is 327 g/mol. The molecule has 0 aromatic carbocycles. The second kappa shape index (κ2) is 16.0. The van der Waals surface area contributed by atoms with E-state index in [2.05, 4.69) is 0 Å². The van der Waals surface area contributed by atoms with Crippen LogP contribution in [0, 0.1) is 0 Å². The van der Waals surface area contributed by atoms with Crippen molar-refractivity contribution >= 4 is 35.3 Å². The van der Waals surface area contributed by atoms with Gasteiger partial charge in [0.25, 0.3) is 0 Å². The van der Waals surface area contributed by atoms with Crippen LogP contribution in [0.1, 0.15) is 0 Å². The molecule has 0 radical (unpaired) electrons. The summed E-state index contributed by atoms with van der Waals surface area (Å²) in [6.45, 7) is 0. The first kappa shape index (κ1) is 27.3. The molecule has 0 spiro atoms. The Kier molecular flexibility index (Phi) is 19.9. The Hall–Kier alpha value is -3.04. The van der Waals surface area contributed by atoms with Gasteiger partial charge in [-0.15, -0.1) is 0 Å². The van der Waals surface area contributed by atoms with Gasteiger partial charge in [0, 0.05) is 0 Å². The average molecular weight is 336 g/mol. The third kappa shape index (κ3) is 19.3. The maximum atomic E-state index is 9.41. The van der Waals surface area contributed by atoms with E-state index < -0.39 is 35.2 Å². The average Bonchev–Trinajstić information content (AvgIpc) is 2.45. The normalized spacial score (nSPS) is 10.6. The van der Waals surface area contributed by atoms with Gasteiger partial charge in [-0.3, -0.25) is 0 Å². The van der Waals surface area contributed by atoms with E-state index in [1.54, 1.807) is 0 Å². The molecule has 0 aliphatic carbocycles. The molecule has 0 rings (SSSR count). The fourth-order valence-corrected chi connectivity index (χ4v) is 0.151. The van der Waals surface area contributed by atoms with Crippen LogP contribution in [-0.4, -0.2) is 65.9 Å². The van der Waals surface area contributed by atoms with Gasteiger partial charge in [-0.2, -0.15) is 0 Å². The predicted octanol–water partition coefficient (Wildman–Crippen LogP) is -3.89. The fraction of sp³-hybridized carbons (Fsp3) is 0. The zero-order chi connectivity index (χ0) is 17.6. The molecule has 0 aliphatic rings. The molecule has 0 unspecified atom stereocenters. The number of hydrogen-bond donors (Lipinski definition) is 6. The smallest absolute Gasteiger partial charge is 0.875 e. The third-order valence-electron chi connectivity index (χ3n) is 0.992. The molecule has 0 aromatic heterocycles. The second-order valence-electron chi connectivity index (χ2n) is 2.42. The molecule has 12 nitrogen and oxygen atoms in total. The Bertz CT molecular complexity index is 383. The summed E-state index contributed by atoms with van der Waals surface area (Å²) >= 11 is 0. The van der Waals surface area contributed by atoms with Crippen LogP contribution >= 0.6 is 0 Å². The number of rotatable bonds is 3. The Morgan fingerprint density at radius 1 is 0.545 bits per heavy atom. The van der Waals surface area contributed by atoms with Crippen LogP contribution in [0.4, 0.5) is 0 Å². The first-order valence-electron chi connectivity index (χ1n) is 4.28. The first-order chi connectivity index (χ1) is 9.54. The Labute approximate surface area is 132 Å². The molecule has 0 atom stereocenters. The van der Waals surface area contributed by atoms with Crippen molar-refractivity contribution in [2.45, 2.75) is 0 Å². The molecule has 0 aliphatic heterocycles. The number of aliphatic hydroxyl groups excluding tert-OH is 3. The summed E-state index contributed by atoms with van der Waals surface area (Å²) in [6.07, 6.45) is -0.410. The monoisotopic (exact) mass is 336 g/mol.